The molecule has 0 spiro atoms. The van der Waals surface area contributed by atoms with Crippen LogP contribution < -0.4 is 11.2 Å². The third-order valence-electron chi connectivity index (χ3n) is 2.33. The van der Waals surface area contributed by atoms with E-state index in [1.807, 2.05) is 0 Å². The molecule has 0 unspecified atom stereocenters. The highest BCUT2D eigenvalue weighted by Crippen LogP contribution is 2.41. The molecule has 2 rings (SSSR count). The topological polar surface area (TPSA) is 75.1 Å². The normalized spacial score (nSPS) is 25.9. The van der Waals surface area contributed by atoms with E-state index in [9.17, 15) is 9.59 Å². The van der Waals surface area contributed by atoms with Gasteiger partial charge in [0, 0.05) is 30.8 Å². The van der Waals surface area contributed by atoms with Crippen molar-refractivity contribution in [3.05, 3.63) is 33.1 Å². The Balaban J connectivity index is 2.33. The number of nitrogens with zero attached hydrogens (tertiary/aromatic N) is 1. The van der Waals surface area contributed by atoms with Crippen LogP contribution >= 0.6 is 0 Å². The first kappa shape index (κ1) is 8.25. The molecule has 13 heavy (non-hydrogen) atoms. The maximum Gasteiger partial charge on any atom is 0.328 e. The lowest BCUT2D eigenvalue weighted by Gasteiger charge is -2.01. The quantitative estimate of drug-likeness (QED) is 0.621. The minimum absolute atomic E-state index is 0.0642. The molecule has 0 saturated heterocycles. The molecular formula is C8H10N2O3. The van der Waals surface area contributed by atoms with Crippen molar-refractivity contribution in [3.63, 3.8) is 0 Å². The molecule has 0 aliphatic heterocycles. The van der Waals surface area contributed by atoms with Gasteiger partial charge >= 0.3 is 5.69 Å². The maximum absolute atomic E-state index is 11.2. The van der Waals surface area contributed by atoms with Crippen LogP contribution in [-0.2, 0) is 0 Å². The summed E-state index contributed by atoms with van der Waals surface area (Å²) in [5, 5.41) is 8.80. The molecule has 1 saturated carbocycles. The van der Waals surface area contributed by atoms with Crippen molar-refractivity contribution in [2.24, 2.45) is 5.92 Å². The minimum Gasteiger partial charge on any atom is -0.396 e. The average molecular weight is 182 g/mol. The van der Waals surface area contributed by atoms with Crippen molar-refractivity contribution >= 4 is 0 Å². The van der Waals surface area contributed by atoms with Crippen LogP contribution in [0.15, 0.2) is 21.9 Å². The van der Waals surface area contributed by atoms with Crippen molar-refractivity contribution in [2.75, 3.05) is 6.61 Å². The number of hydrogen-bond donors (Lipinski definition) is 2. The Morgan fingerprint density at radius 1 is 1.62 bits per heavy atom. The third-order valence-corrected chi connectivity index (χ3v) is 2.33. The fourth-order valence-electron chi connectivity index (χ4n) is 1.46. The summed E-state index contributed by atoms with van der Waals surface area (Å²) >= 11 is 0. The van der Waals surface area contributed by atoms with Gasteiger partial charge in [0.2, 0.25) is 0 Å². The highest BCUT2D eigenvalue weighted by Gasteiger charge is 2.38. The fraction of sp³-hybridized carbons (Fsp3) is 0.500. The van der Waals surface area contributed by atoms with Crippen molar-refractivity contribution in [1.82, 2.24) is 9.55 Å². The molecule has 1 aliphatic carbocycles. The summed E-state index contributed by atoms with van der Waals surface area (Å²) in [6, 6.07) is 1.38. The van der Waals surface area contributed by atoms with Gasteiger partial charge in [0.15, 0.2) is 0 Å². The molecule has 5 heteroatoms. The van der Waals surface area contributed by atoms with Gasteiger partial charge in [0.1, 0.15) is 0 Å². The van der Waals surface area contributed by atoms with Crippen LogP contribution in [0.3, 0.4) is 0 Å². The summed E-state index contributed by atoms with van der Waals surface area (Å²) in [5.41, 5.74) is -0.782. The second kappa shape index (κ2) is 2.85. The van der Waals surface area contributed by atoms with Gasteiger partial charge in [-0.25, -0.2) is 4.79 Å². The first-order valence-electron chi connectivity index (χ1n) is 4.14. The molecule has 0 radical (unpaired) electrons. The summed E-state index contributed by atoms with van der Waals surface area (Å²) in [5.74, 6) is 0.170. The van der Waals surface area contributed by atoms with Gasteiger partial charge in [-0.05, 0) is 6.42 Å². The summed E-state index contributed by atoms with van der Waals surface area (Å²) in [7, 11) is 0. The van der Waals surface area contributed by atoms with Crippen molar-refractivity contribution < 1.29 is 5.11 Å². The highest BCUT2D eigenvalue weighted by atomic mass is 16.3. The molecule has 1 aliphatic rings. The van der Waals surface area contributed by atoms with Gasteiger partial charge in [0.05, 0.1) is 0 Å². The molecule has 2 atom stereocenters. The van der Waals surface area contributed by atoms with Crippen LogP contribution in [0.1, 0.15) is 12.5 Å². The number of nitrogens with one attached hydrogen (secondary N) is 1. The van der Waals surface area contributed by atoms with Crippen molar-refractivity contribution in [2.45, 2.75) is 12.5 Å². The Morgan fingerprint density at radius 3 is 2.92 bits per heavy atom. The molecule has 1 aromatic heterocycles. The molecule has 5 nitrogen and oxygen atoms in total. The van der Waals surface area contributed by atoms with E-state index in [0.717, 1.165) is 6.42 Å². The Kier molecular flexibility index (Phi) is 1.81. The van der Waals surface area contributed by atoms with E-state index < -0.39 is 5.69 Å². The number of aliphatic hydroxyl groups is 1. The molecule has 1 aromatic rings. The molecular weight excluding hydrogens is 172 g/mol. The standard InChI is InChI=1S/C8H10N2O3/c11-4-5-3-6(5)10-2-1-7(12)9-8(10)13/h1-2,5-6,11H,3-4H2,(H,9,12,13)/t5-,6+/m0/s1. The van der Waals surface area contributed by atoms with E-state index in [2.05, 4.69) is 4.98 Å². The van der Waals surface area contributed by atoms with Crippen LogP contribution in [-0.4, -0.2) is 21.3 Å². The predicted molar refractivity (Wildman–Crippen MR) is 45.6 cm³/mol. The SMILES string of the molecule is O=c1ccn([C@@H]2C[C@H]2CO)c(=O)[nH]1. The van der Waals surface area contributed by atoms with E-state index in [0.29, 0.717) is 0 Å². The number of rotatable bonds is 2. The van der Waals surface area contributed by atoms with Gasteiger partial charge in [-0.2, -0.15) is 0 Å². The molecule has 0 bridgehead atoms. The van der Waals surface area contributed by atoms with Gasteiger partial charge in [-0.1, -0.05) is 0 Å². The van der Waals surface area contributed by atoms with E-state index in [1.54, 1.807) is 0 Å². The van der Waals surface area contributed by atoms with Gasteiger partial charge in [-0.3, -0.25) is 14.3 Å². The van der Waals surface area contributed by atoms with Crippen molar-refractivity contribution in [1.29, 1.82) is 0 Å². The number of aliphatic hydroxyl groups excluding tert-OH is 1. The van der Waals surface area contributed by atoms with Crippen LogP contribution in [0.5, 0.6) is 0 Å². The lowest BCUT2D eigenvalue weighted by molar-refractivity contribution is 0.268. The zero-order valence-electron chi connectivity index (χ0n) is 6.93. The Morgan fingerprint density at radius 2 is 2.38 bits per heavy atom. The smallest absolute Gasteiger partial charge is 0.328 e. The second-order valence-corrected chi connectivity index (χ2v) is 3.26. The average Bonchev–Trinajstić information content (AvgIpc) is 2.83. The Bertz CT molecular complexity index is 420. The summed E-state index contributed by atoms with van der Waals surface area (Å²) in [6.07, 6.45) is 2.28. The first-order chi connectivity index (χ1) is 6.22. The maximum atomic E-state index is 11.2. The minimum atomic E-state index is -0.395. The number of H-pyrrole nitrogens is 1. The Labute approximate surface area is 73.7 Å². The lowest BCUT2D eigenvalue weighted by Crippen LogP contribution is -2.28. The fourth-order valence-corrected chi connectivity index (χ4v) is 1.46. The Hall–Kier alpha value is -1.36. The van der Waals surface area contributed by atoms with Crippen LogP contribution in [0.25, 0.3) is 0 Å². The summed E-state index contributed by atoms with van der Waals surface area (Å²) in [6.45, 7) is 0.0935. The largest absolute Gasteiger partial charge is 0.396 e. The third kappa shape index (κ3) is 1.42. The molecule has 0 amide bonds. The molecule has 0 aromatic carbocycles. The van der Waals surface area contributed by atoms with Crippen LogP contribution in [0.4, 0.5) is 0 Å². The monoisotopic (exact) mass is 182 g/mol. The lowest BCUT2D eigenvalue weighted by atomic mass is 10.4. The van der Waals surface area contributed by atoms with Crippen LogP contribution in [0, 0.1) is 5.92 Å². The molecule has 1 fully saturated rings. The van der Waals surface area contributed by atoms with Gasteiger partial charge in [-0.15, -0.1) is 0 Å². The van der Waals surface area contributed by atoms with Gasteiger partial charge in [0.25, 0.3) is 5.56 Å². The number of aromatic amines is 1. The number of hydrogen-bond acceptors (Lipinski definition) is 3. The zero-order valence-corrected chi connectivity index (χ0v) is 6.93. The van der Waals surface area contributed by atoms with E-state index in [-0.39, 0.29) is 24.1 Å². The summed E-state index contributed by atoms with van der Waals surface area (Å²) < 4.78 is 1.46. The van der Waals surface area contributed by atoms with E-state index >= 15 is 0 Å². The highest BCUT2D eigenvalue weighted by molar-refractivity contribution is 4.96. The van der Waals surface area contributed by atoms with Gasteiger partial charge < -0.3 is 5.11 Å². The number of aromatic nitrogens is 2. The predicted octanol–water partition coefficient (Wildman–Crippen LogP) is -0.910. The summed E-state index contributed by atoms with van der Waals surface area (Å²) in [4.78, 5) is 24.1. The zero-order chi connectivity index (χ0) is 9.42. The molecule has 70 valence electrons. The van der Waals surface area contributed by atoms with Crippen LogP contribution in [0.2, 0.25) is 0 Å². The van der Waals surface area contributed by atoms with Crippen molar-refractivity contribution in [3.8, 4) is 0 Å². The molecule has 2 N–H and O–H groups in total. The first-order valence-corrected chi connectivity index (χ1v) is 4.14. The molecule has 1 heterocycles. The van der Waals surface area contributed by atoms with E-state index in [1.165, 1.54) is 16.8 Å². The van der Waals surface area contributed by atoms with E-state index in [4.69, 9.17) is 5.11 Å². The second-order valence-electron chi connectivity index (χ2n) is 3.26.